The number of nitrogens with zero attached hydrogens (tertiary/aromatic N) is 2. The van der Waals surface area contributed by atoms with Gasteiger partial charge in [0, 0.05) is 32.0 Å². The Kier molecular flexibility index (Phi) is 5.98. The van der Waals surface area contributed by atoms with Gasteiger partial charge in [-0.25, -0.2) is 4.98 Å². The first-order valence-corrected chi connectivity index (χ1v) is 8.47. The van der Waals surface area contributed by atoms with Crippen molar-refractivity contribution in [2.45, 2.75) is 32.0 Å². The summed E-state index contributed by atoms with van der Waals surface area (Å²) in [5.41, 5.74) is 1.34. The van der Waals surface area contributed by atoms with Crippen LogP contribution in [0.5, 0.6) is 0 Å². The zero-order valence-electron chi connectivity index (χ0n) is 13.8. The fourth-order valence-corrected chi connectivity index (χ4v) is 2.82. The predicted octanol–water partition coefficient (Wildman–Crippen LogP) is 1.12. The SMILES string of the molecule is O=C(NCc1nccn1CCCc1ccccc1)C1CNCCO1. The quantitative estimate of drug-likeness (QED) is 0.799. The number of carbonyl (C=O) groups excluding carboxylic acids is 1. The fourth-order valence-electron chi connectivity index (χ4n) is 2.82. The fraction of sp³-hybridized carbons (Fsp3) is 0.444. The van der Waals surface area contributed by atoms with E-state index in [1.165, 1.54) is 5.56 Å². The van der Waals surface area contributed by atoms with Crippen LogP contribution >= 0.6 is 0 Å². The van der Waals surface area contributed by atoms with E-state index in [1.54, 1.807) is 6.20 Å². The molecular formula is C18H24N4O2. The summed E-state index contributed by atoms with van der Waals surface area (Å²) in [6, 6.07) is 10.5. The van der Waals surface area contributed by atoms with Crippen molar-refractivity contribution in [2.75, 3.05) is 19.7 Å². The molecule has 6 heteroatoms. The van der Waals surface area contributed by atoms with Gasteiger partial charge in [0.05, 0.1) is 13.2 Å². The minimum atomic E-state index is -0.403. The van der Waals surface area contributed by atoms with Crippen molar-refractivity contribution in [2.24, 2.45) is 0 Å². The Morgan fingerprint density at radius 2 is 2.25 bits per heavy atom. The summed E-state index contributed by atoms with van der Waals surface area (Å²) >= 11 is 0. The van der Waals surface area contributed by atoms with Crippen molar-refractivity contribution in [3.05, 3.63) is 54.1 Å². The molecule has 1 aliphatic rings. The predicted molar refractivity (Wildman–Crippen MR) is 91.4 cm³/mol. The van der Waals surface area contributed by atoms with E-state index in [2.05, 4.69) is 44.5 Å². The molecule has 1 unspecified atom stereocenters. The highest BCUT2D eigenvalue weighted by Gasteiger charge is 2.21. The maximum Gasteiger partial charge on any atom is 0.250 e. The summed E-state index contributed by atoms with van der Waals surface area (Å²) < 4.78 is 7.55. The molecule has 1 saturated heterocycles. The minimum absolute atomic E-state index is 0.0824. The summed E-state index contributed by atoms with van der Waals surface area (Å²) in [4.78, 5) is 16.4. The average Bonchev–Trinajstić information content (AvgIpc) is 3.09. The number of aryl methyl sites for hydroxylation is 2. The Morgan fingerprint density at radius 3 is 3.04 bits per heavy atom. The van der Waals surface area contributed by atoms with E-state index in [4.69, 9.17) is 4.74 Å². The van der Waals surface area contributed by atoms with Gasteiger partial charge in [-0.05, 0) is 18.4 Å². The molecule has 2 N–H and O–H groups in total. The molecule has 24 heavy (non-hydrogen) atoms. The van der Waals surface area contributed by atoms with E-state index in [9.17, 15) is 4.79 Å². The number of carbonyl (C=O) groups is 1. The topological polar surface area (TPSA) is 68.2 Å². The van der Waals surface area contributed by atoms with Gasteiger partial charge in [-0.1, -0.05) is 30.3 Å². The number of aromatic nitrogens is 2. The van der Waals surface area contributed by atoms with E-state index in [0.717, 1.165) is 31.8 Å². The highest BCUT2D eigenvalue weighted by Crippen LogP contribution is 2.06. The summed E-state index contributed by atoms with van der Waals surface area (Å²) in [5, 5.41) is 6.07. The van der Waals surface area contributed by atoms with Crippen LogP contribution in [0.15, 0.2) is 42.7 Å². The first-order chi connectivity index (χ1) is 11.8. The van der Waals surface area contributed by atoms with Crippen LogP contribution in [0.2, 0.25) is 0 Å². The van der Waals surface area contributed by atoms with Gasteiger partial charge < -0.3 is 19.9 Å². The molecule has 2 heterocycles. The van der Waals surface area contributed by atoms with Crippen LogP contribution < -0.4 is 10.6 Å². The zero-order chi connectivity index (χ0) is 16.6. The molecule has 0 saturated carbocycles. The third-order valence-corrected chi connectivity index (χ3v) is 4.15. The van der Waals surface area contributed by atoms with Gasteiger partial charge in [0.25, 0.3) is 5.91 Å². The van der Waals surface area contributed by atoms with E-state index >= 15 is 0 Å². The maximum absolute atomic E-state index is 12.1. The van der Waals surface area contributed by atoms with Crippen molar-refractivity contribution >= 4 is 5.91 Å². The lowest BCUT2D eigenvalue weighted by atomic mass is 10.1. The van der Waals surface area contributed by atoms with Crippen LogP contribution in [0.3, 0.4) is 0 Å². The number of hydrogen-bond acceptors (Lipinski definition) is 4. The summed E-state index contributed by atoms with van der Waals surface area (Å²) in [6.07, 6.45) is 5.41. The Labute approximate surface area is 142 Å². The van der Waals surface area contributed by atoms with Gasteiger partial charge in [0.1, 0.15) is 11.9 Å². The molecule has 1 fully saturated rings. The van der Waals surface area contributed by atoms with E-state index in [1.807, 2.05) is 12.3 Å². The molecular weight excluding hydrogens is 304 g/mol. The van der Waals surface area contributed by atoms with Crippen molar-refractivity contribution in [3.8, 4) is 0 Å². The second-order valence-corrected chi connectivity index (χ2v) is 5.91. The number of morpholine rings is 1. The number of rotatable bonds is 7. The maximum atomic E-state index is 12.1. The lowest BCUT2D eigenvalue weighted by Crippen LogP contribution is -2.47. The molecule has 0 spiro atoms. The van der Waals surface area contributed by atoms with Gasteiger partial charge >= 0.3 is 0 Å². The largest absolute Gasteiger partial charge is 0.366 e. The highest BCUT2D eigenvalue weighted by atomic mass is 16.5. The van der Waals surface area contributed by atoms with Gasteiger partial charge in [-0.2, -0.15) is 0 Å². The van der Waals surface area contributed by atoms with Crippen LogP contribution in [0.25, 0.3) is 0 Å². The summed E-state index contributed by atoms with van der Waals surface area (Å²) in [6.45, 7) is 3.26. The smallest absolute Gasteiger partial charge is 0.250 e. The van der Waals surface area contributed by atoms with Crippen LogP contribution in [0, 0.1) is 0 Å². The van der Waals surface area contributed by atoms with E-state index < -0.39 is 6.10 Å². The normalized spacial score (nSPS) is 17.6. The molecule has 2 aromatic rings. The molecule has 1 aromatic carbocycles. The van der Waals surface area contributed by atoms with Crippen LogP contribution in [-0.4, -0.2) is 41.3 Å². The zero-order valence-corrected chi connectivity index (χ0v) is 13.8. The molecule has 1 atom stereocenters. The molecule has 1 aliphatic heterocycles. The number of benzene rings is 1. The molecule has 1 aromatic heterocycles. The van der Waals surface area contributed by atoms with Crippen LogP contribution in [0.1, 0.15) is 17.8 Å². The molecule has 3 rings (SSSR count). The average molecular weight is 328 g/mol. The number of hydrogen-bond donors (Lipinski definition) is 2. The first-order valence-electron chi connectivity index (χ1n) is 8.47. The number of ether oxygens (including phenoxy) is 1. The van der Waals surface area contributed by atoms with Crippen molar-refractivity contribution in [1.82, 2.24) is 20.2 Å². The molecule has 0 radical (unpaired) electrons. The lowest BCUT2D eigenvalue weighted by molar-refractivity contribution is -0.134. The minimum Gasteiger partial charge on any atom is -0.366 e. The number of imidazole rings is 1. The standard InChI is InChI=1S/C18H24N4O2/c23-18(16-13-19-9-12-24-16)21-14-17-20-8-11-22(17)10-4-7-15-5-2-1-3-6-15/h1-3,5-6,8,11,16,19H,4,7,9-10,12-14H2,(H,21,23). The number of nitrogens with one attached hydrogen (secondary N) is 2. The van der Waals surface area contributed by atoms with Gasteiger partial charge in [-0.3, -0.25) is 4.79 Å². The van der Waals surface area contributed by atoms with Gasteiger partial charge in [-0.15, -0.1) is 0 Å². The molecule has 6 nitrogen and oxygen atoms in total. The third kappa shape index (κ3) is 4.66. The van der Waals surface area contributed by atoms with Crippen molar-refractivity contribution in [3.63, 3.8) is 0 Å². The molecule has 128 valence electrons. The van der Waals surface area contributed by atoms with E-state index in [-0.39, 0.29) is 5.91 Å². The highest BCUT2D eigenvalue weighted by molar-refractivity contribution is 5.81. The van der Waals surface area contributed by atoms with Crippen LogP contribution in [0.4, 0.5) is 0 Å². The Bertz CT molecular complexity index is 635. The van der Waals surface area contributed by atoms with Crippen LogP contribution in [-0.2, 0) is 29.0 Å². The Balaban J connectivity index is 1.45. The molecule has 0 bridgehead atoms. The monoisotopic (exact) mass is 328 g/mol. The summed E-state index contributed by atoms with van der Waals surface area (Å²) in [5.74, 6) is 0.793. The Hall–Kier alpha value is -2.18. The second kappa shape index (κ2) is 8.61. The first kappa shape index (κ1) is 16.7. The molecule has 1 amide bonds. The van der Waals surface area contributed by atoms with Gasteiger partial charge in [0.2, 0.25) is 0 Å². The lowest BCUT2D eigenvalue weighted by Gasteiger charge is -2.22. The Morgan fingerprint density at radius 1 is 1.38 bits per heavy atom. The summed E-state index contributed by atoms with van der Waals surface area (Å²) in [7, 11) is 0. The van der Waals surface area contributed by atoms with E-state index in [0.29, 0.717) is 19.7 Å². The third-order valence-electron chi connectivity index (χ3n) is 4.15. The van der Waals surface area contributed by atoms with Crippen molar-refractivity contribution < 1.29 is 9.53 Å². The number of amides is 1. The van der Waals surface area contributed by atoms with Gasteiger partial charge in [0.15, 0.2) is 0 Å². The van der Waals surface area contributed by atoms with Crippen molar-refractivity contribution in [1.29, 1.82) is 0 Å². The second-order valence-electron chi connectivity index (χ2n) is 5.91. The molecule has 0 aliphatic carbocycles.